The molecule has 0 bridgehead atoms. The average molecular weight is 395 g/mol. The van der Waals surface area contributed by atoms with E-state index >= 15 is 0 Å². The highest BCUT2D eigenvalue weighted by molar-refractivity contribution is 9.10. The second kappa shape index (κ2) is 7.16. The van der Waals surface area contributed by atoms with Gasteiger partial charge in [-0.05, 0) is 34.0 Å². The Hall–Kier alpha value is -0.830. The van der Waals surface area contributed by atoms with Gasteiger partial charge in [0.15, 0.2) is 11.5 Å². The standard InChI is InChI=1S/C14H23BrN2O4S/c1-14(2,8-16)9-17(3)22(18,19)13-7-12(21-5)11(20-4)6-10(13)15/h6-7H,8-9,16H2,1-5H3. The Labute approximate surface area is 140 Å². The summed E-state index contributed by atoms with van der Waals surface area (Å²) < 4.78 is 37.6. The molecule has 0 fully saturated rings. The zero-order valence-corrected chi connectivity index (χ0v) is 15.9. The van der Waals surface area contributed by atoms with Crippen LogP contribution in [-0.4, -0.2) is 47.1 Å². The van der Waals surface area contributed by atoms with E-state index in [0.717, 1.165) is 0 Å². The lowest BCUT2D eigenvalue weighted by Crippen LogP contribution is -2.39. The molecule has 0 aliphatic rings. The number of nitrogens with zero attached hydrogens (tertiary/aromatic N) is 1. The molecule has 0 heterocycles. The summed E-state index contributed by atoms with van der Waals surface area (Å²) in [4.78, 5) is 0.125. The van der Waals surface area contributed by atoms with Crippen LogP contribution in [0.4, 0.5) is 0 Å². The number of sulfonamides is 1. The molecule has 0 atom stereocenters. The van der Waals surface area contributed by atoms with E-state index in [1.165, 1.54) is 31.6 Å². The molecule has 0 aliphatic heterocycles. The fourth-order valence-electron chi connectivity index (χ4n) is 1.95. The summed E-state index contributed by atoms with van der Waals surface area (Å²) in [6, 6.07) is 3.03. The van der Waals surface area contributed by atoms with Gasteiger partial charge >= 0.3 is 0 Å². The summed E-state index contributed by atoms with van der Waals surface area (Å²) in [5.74, 6) is 0.814. The Morgan fingerprint density at radius 1 is 1.23 bits per heavy atom. The van der Waals surface area contributed by atoms with Crippen molar-refractivity contribution < 1.29 is 17.9 Å². The van der Waals surface area contributed by atoms with Crippen LogP contribution in [0.25, 0.3) is 0 Å². The van der Waals surface area contributed by atoms with Crippen LogP contribution < -0.4 is 15.2 Å². The lowest BCUT2D eigenvalue weighted by molar-refractivity contribution is 0.291. The van der Waals surface area contributed by atoms with Crippen molar-refractivity contribution in [2.75, 3.05) is 34.4 Å². The number of benzene rings is 1. The van der Waals surface area contributed by atoms with E-state index in [0.29, 0.717) is 29.1 Å². The fourth-order valence-corrected chi connectivity index (χ4v) is 4.31. The smallest absolute Gasteiger partial charge is 0.244 e. The predicted molar refractivity (Wildman–Crippen MR) is 89.9 cm³/mol. The largest absolute Gasteiger partial charge is 0.493 e. The Kier molecular flexibility index (Phi) is 6.26. The highest BCUT2D eigenvalue weighted by Crippen LogP contribution is 2.36. The van der Waals surface area contributed by atoms with E-state index in [-0.39, 0.29) is 10.3 Å². The zero-order valence-electron chi connectivity index (χ0n) is 13.5. The first-order valence-corrected chi connectivity index (χ1v) is 8.90. The lowest BCUT2D eigenvalue weighted by Gasteiger charge is -2.28. The molecule has 22 heavy (non-hydrogen) atoms. The fraction of sp³-hybridized carbons (Fsp3) is 0.571. The number of halogens is 1. The summed E-state index contributed by atoms with van der Waals surface area (Å²) in [5.41, 5.74) is 5.37. The predicted octanol–water partition coefficient (Wildman–Crippen LogP) is 2.07. The first-order valence-electron chi connectivity index (χ1n) is 6.67. The monoisotopic (exact) mass is 394 g/mol. The Morgan fingerprint density at radius 3 is 2.18 bits per heavy atom. The summed E-state index contributed by atoms with van der Waals surface area (Å²) in [7, 11) is 0.819. The van der Waals surface area contributed by atoms with Crippen LogP contribution in [0.5, 0.6) is 11.5 Å². The van der Waals surface area contributed by atoms with Crippen LogP contribution in [0, 0.1) is 5.41 Å². The lowest BCUT2D eigenvalue weighted by atomic mass is 9.94. The maximum absolute atomic E-state index is 12.8. The van der Waals surface area contributed by atoms with Gasteiger partial charge in [-0.15, -0.1) is 0 Å². The highest BCUT2D eigenvalue weighted by Gasteiger charge is 2.29. The summed E-state index contributed by atoms with van der Waals surface area (Å²) >= 11 is 3.29. The van der Waals surface area contributed by atoms with E-state index in [1.54, 1.807) is 6.07 Å². The quantitative estimate of drug-likeness (QED) is 0.765. The number of ether oxygens (including phenoxy) is 2. The third kappa shape index (κ3) is 4.13. The molecule has 0 radical (unpaired) electrons. The average Bonchev–Trinajstić information content (AvgIpc) is 2.46. The van der Waals surface area contributed by atoms with E-state index in [2.05, 4.69) is 15.9 Å². The maximum atomic E-state index is 12.8. The number of nitrogens with two attached hydrogens (primary N) is 1. The van der Waals surface area contributed by atoms with Crippen LogP contribution >= 0.6 is 15.9 Å². The normalized spacial score (nSPS) is 12.5. The molecule has 0 aromatic heterocycles. The minimum atomic E-state index is -3.68. The van der Waals surface area contributed by atoms with Crippen LogP contribution in [-0.2, 0) is 10.0 Å². The molecule has 126 valence electrons. The number of rotatable bonds is 7. The van der Waals surface area contributed by atoms with E-state index in [1.807, 2.05) is 13.8 Å². The first kappa shape index (κ1) is 19.2. The molecule has 2 N–H and O–H groups in total. The topological polar surface area (TPSA) is 81.9 Å². The number of hydrogen-bond donors (Lipinski definition) is 1. The summed E-state index contributed by atoms with van der Waals surface area (Å²) in [6.45, 7) is 4.54. The van der Waals surface area contributed by atoms with Gasteiger partial charge in [-0.2, -0.15) is 0 Å². The molecule has 1 aromatic carbocycles. The van der Waals surface area contributed by atoms with Crippen molar-refractivity contribution in [3.05, 3.63) is 16.6 Å². The highest BCUT2D eigenvalue weighted by atomic mass is 79.9. The van der Waals surface area contributed by atoms with Crippen molar-refractivity contribution in [1.29, 1.82) is 0 Å². The van der Waals surface area contributed by atoms with Crippen LogP contribution in [0.3, 0.4) is 0 Å². The molecule has 1 aromatic rings. The van der Waals surface area contributed by atoms with E-state index in [9.17, 15) is 8.42 Å². The Morgan fingerprint density at radius 2 is 1.73 bits per heavy atom. The van der Waals surface area contributed by atoms with Crippen molar-refractivity contribution in [2.24, 2.45) is 11.1 Å². The van der Waals surface area contributed by atoms with E-state index < -0.39 is 10.0 Å². The van der Waals surface area contributed by atoms with Crippen LogP contribution in [0.2, 0.25) is 0 Å². The molecular weight excluding hydrogens is 372 g/mol. The zero-order chi connectivity index (χ0) is 17.1. The van der Waals surface area contributed by atoms with Crippen molar-refractivity contribution in [2.45, 2.75) is 18.7 Å². The van der Waals surface area contributed by atoms with Gasteiger partial charge in [0.1, 0.15) is 4.90 Å². The van der Waals surface area contributed by atoms with E-state index in [4.69, 9.17) is 15.2 Å². The van der Waals surface area contributed by atoms with Gasteiger partial charge in [-0.25, -0.2) is 12.7 Å². The molecule has 1 rings (SSSR count). The van der Waals surface area contributed by atoms with Gasteiger partial charge in [0, 0.05) is 24.1 Å². The van der Waals surface area contributed by atoms with Gasteiger partial charge in [0.2, 0.25) is 10.0 Å². The SMILES string of the molecule is COc1cc(Br)c(S(=O)(=O)N(C)CC(C)(C)CN)cc1OC. The van der Waals surface area contributed by atoms with Gasteiger partial charge in [-0.1, -0.05) is 13.8 Å². The van der Waals surface area contributed by atoms with Gasteiger partial charge in [0.05, 0.1) is 14.2 Å². The molecule has 0 aliphatic carbocycles. The molecule has 0 saturated heterocycles. The summed E-state index contributed by atoms with van der Waals surface area (Å²) in [5, 5.41) is 0. The van der Waals surface area contributed by atoms with Gasteiger partial charge in [0.25, 0.3) is 0 Å². The van der Waals surface area contributed by atoms with Crippen molar-refractivity contribution in [3.8, 4) is 11.5 Å². The van der Waals surface area contributed by atoms with Gasteiger partial charge in [-0.3, -0.25) is 0 Å². The second-order valence-electron chi connectivity index (χ2n) is 5.77. The second-order valence-corrected chi connectivity index (χ2v) is 8.63. The summed E-state index contributed by atoms with van der Waals surface area (Å²) in [6.07, 6.45) is 0. The Balaban J connectivity index is 3.28. The molecule has 8 heteroatoms. The molecular formula is C14H23BrN2O4S. The molecule has 0 saturated carbocycles. The third-order valence-corrected chi connectivity index (χ3v) is 6.09. The third-order valence-electron chi connectivity index (χ3n) is 3.33. The minimum absolute atomic E-state index is 0.125. The Bertz CT molecular complexity index is 632. The number of methoxy groups -OCH3 is 2. The van der Waals surface area contributed by atoms with Gasteiger partial charge < -0.3 is 15.2 Å². The van der Waals surface area contributed by atoms with Crippen LogP contribution in [0.15, 0.2) is 21.5 Å². The molecule has 0 unspecified atom stereocenters. The van der Waals surface area contributed by atoms with Crippen molar-refractivity contribution in [1.82, 2.24) is 4.31 Å². The van der Waals surface area contributed by atoms with Crippen molar-refractivity contribution >= 4 is 26.0 Å². The van der Waals surface area contributed by atoms with Crippen LogP contribution in [0.1, 0.15) is 13.8 Å². The first-order chi connectivity index (χ1) is 10.1. The van der Waals surface area contributed by atoms with Crippen molar-refractivity contribution in [3.63, 3.8) is 0 Å². The molecule has 6 nitrogen and oxygen atoms in total. The maximum Gasteiger partial charge on any atom is 0.244 e. The number of hydrogen-bond acceptors (Lipinski definition) is 5. The minimum Gasteiger partial charge on any atom is -0.493 e. The molecule has 0 amide bonds. The molecule has 0 spiro atoms.